The van der Waals surface area contributed by atoms with E-state index in [0.717, 1.165) is 24.7 Å². The van der Waals surface area contributed by atoms with Gasteiger partial charge in [-0.15, -0.1) is 0 Å². The van der Waals surface area contributed by atoms with Crippen LogP contribution in [0.4, 0.5) is 0 Å². The minimum atomic E-state index is -3.56. The Bertz CT molecular complexity index is 608. The monoisotopic (exact) mass is 294 g/mol. The van der Waals surface area contributed by atoms with Gasteiger partial charge >= 0.3 is 0 Å². The average molecular weight is 294 g/mol. The fourth-order valence-corrected chi connectivity index (χ4v) is 4.36. The summed E-state index contributed by atoms with van der Waals surface area (Å²) in [4.78, 5) is 12.1. The molecule has 0 heterocycles. The molecule has 4 atom stereocenters. The molecule has 1 aromatic carbocycles. The third-order valence-electron chi connectivity index (χ3n) is 4.45. The number of rotatable bonds is 3. The van der Waals surface area contributed by atoms with Crippen molar-refractivity contribution in [2.75, 3.05) is 6.26 Å². The van der Waals surface area contributed by atoms with Crippen LogP contribution in [-0.4, -0.2) is 26.6 Å². The van der Waals surface area contributed by atoms with E-state index >= 15 is 0 Å². The van der Waals surface area contributed by atoms with Gasteiger partial charge in [0.25, 0.3) is 10.1 Å². The third kappa shape index (κ3) is 2.52. The standard InChI is InChI=1S/C15H18O4S/c1-20(17,18)19-15-12-8-7-11(9-13(12)16)14(15)10-5-3-2-4-6-10/h2-6,11-12,14-15H,7-9H2,1H3/t11-,12+,14-,15+/m1/s1. The van der Waals surface area contributed by atoms with Gasteiger partial charge in [0, 0.05) is 18.3 Å². The Labute approximate surface area is 119 Å². The zero-order valence-corrected chi connectivity index (χ0v) is 12.2. The lowest BCUT2D eigenvalue weighted by Crippen LogP contribution is -2.49. The van der Waals surface area contributed by atoms with E-state index < -0.39 is 16.2 Å². The highest BCUT2D eigenvalue weighted by atomic mass is 32.2. The van der Waals surface area contributed by atoms with Gasteiger partial charge in [-0.1, -0.05) is 30.3 Å². The maximum atomic E-state index is 12.1. The molecule has 3 fully saturated rings. The van der Waals surface area contributed by atoms with Crippen LogP contribution in [0.3, 0.4) is 0 Å². The number of hydrogen-bond donors (Lipinski definition) is 0. The quantitative estimate of drug-likeness (QED) is 0.801. The van der Waals surface area contributed by atoms with E-state index in [4.69, 9.17) is 4.18 Å². The summed E-state index contributed by atoms with van der Waals surface area (Å²) in [7, 11) is -3.56. The van der Waals surface area contributed by atoms with Gasteiger partial charge in [-0.25, -0.2) is 0 Å². The Morgan fingerprint density at radius 2 is 1.85 bits per heavy atom. The molecule has 4 rings (SSSR count). The summed E-state index contributed by atoms with van der Waals surface area (Å²) < 4.78 is 28.4. The van der Waals surface area contributed by atoms with Crippen molar-refractivity contribution in [1.82, 2.24) is 0 Å². The molecule has 0 N–H and O–H groups in total. The molecule has 3 saturated carbocycles. The van der Waals surface area contributed by atoms with Crippen molar-refractivity contribution < 1.29 is 17.4 Å². The van der Waals surface area contributed by atoms with Crippen LogP contribution in [0, 0.1) is 11.8 Å². The molecule has 3 aliphatic rings. The van der Waals surface area contributed by atoms with Gasteiger partial charge in [0.1, 0.15) is 5.78 Å². The first-order chi connectivity index (χ1) is 9.46. The van der Waals surface area contributed by atoms with Crippen molar-refractivity contribution in [3.63, 3.8) is 0 Å². The molecular weight excluding hydrogens is 276 g/mol. The fraction of sp³-hybridized carbons (Fsp3) is 0.533. The summed E-state index contributed by atoms with van der Waals surface area (Å²) in [6.45, 7) is 0. The molecule has 0 amide bonds. The second-order valence-electron chi connectivity index (χ2n) is 5.82. The topological polar surface area (TPSA) is 60.4 Å². The summed E-state index contributed by atoms with van der Waals surface area (Å²) in [5.74, 6) is 0.0750. The van der Waals surface area contributed by atoms with Crippen molar-refractivity contribution in [3.05, 3.63) is 35.9 Å². The van der Waals surface area contributed by atoms with Crippen LogP contribution in [0.15, 0.2) is 30.3 Å². The lowest BCUT2D eigenvalue weighted by molar-refractivity contribution is -0.136. The minimum Gasteiger partial charge on any atom is -0.299 e. The molecule has 0 saturated heterocycles. The van der Waals surface area contributed by atoms with E-state index in [-0.39, 0.29) is 23.5 Å². The first kappa shape index (κ1) is 13.8. The molecule has 0 aromatic heterocycles. The SMILES string of the molecule is CS(=O)(=O)O[C@@H]1[C@H](c2ccccc2)[C@@H]2CC[C@H]1C(=O)C2. The third-order valence-corrected chi connectivity index (χ3v) is 5.03. The van der Waals surface area contributed by atoms with Crippen LogP contribution in [-0.2, 0) is 19.1 Å². The number of fused-ring (bicyclic) bond motifs is 3. The maximum Gasteiger partial charge on any atom is 0.264 e. The van der Waals surface area contributed by atoms with E-state index in [1.807, 2.05) is 30.3 Å². The molecular formula is C15H18O4S. The number of ketones is 1. The second-order valence-corrected chi connectivity index (χ2v) is 7.42. The van der Waals surface area contributed by atoms with Gasteiger partial charge in [0.2, 0.25) is 0 Å². The normalized spacial score (nSPS) is 33.4. The molecule has 0 aliphatic heterocycles. The number of hydrogen-bond acceptors (Lipinski definition) is 4. The molecule has 0 spiro atoms. The molecule has 108 valence electrons. The van der Waals surface area contributed by atoms with Crippen molar-refractivity contribution in [2.45, 2.75) is 31.3 Å². The summed E-state index contributed by atoms with van der Waals surface area (Å²) in [6.07, 6.45) is 2.79. The Hall–Kier alpha value is -1.20. The predicted octanol–water partition coefficient (Wildman–Crippen LogP) is 2.11. The van der Waals surface area contributed by atoms with Crippen LogP contribution < -0.4 is 0 Å². The summed E-state index contributed by atoms with van der Waals surface area (Å²) in [5, 5.41) is 0. The molecule has 5 heteroatoms. The van der Waals surface area contributed by atoms with Crippen molar-refractivity contribution >= 4 is 15.9 Å². The number of carbonyl (C=O) groups excluding carboxylic acids is 1. The molecule has 0 unspecified atom stereocenters. The summed E-state index contributed by atoms with van der Waals surface area (Å²) in [5.41, 5.74) is 1.07. The predicted molar refractivity (Wildman–Crippen MR) is 74.7 cm³/mol. The van der Waals surface area contributed by atoms with Crippen molar-refractivity contribution in [3.8, 4) is 0 Å². The maximum absolute atomic E-state index is 12.1. The number of benzene rings is 1. The second kappa shape index (κ2) is 4.97. The van der Waals surface area contributed by atoms with Crippen LogP contribution in [0.25, 0.3) is 0 Å². The number of carbonyl (C=O) groups is 1. The minimum absolute atomic E-state index is 0.00220. The van der Waals surface area contributed by atoms with Crippen LogP contribution in [0.5, 0.6) is 0 Å². The molecule has 1 aromatic rings. The molecule has 3 aliphatic carbocycles. The van der Waals surface area contributed by atoms with Crippen LogP contribution in [0.2, 0.25) is 0 Å². The fourth-order valence-electron chi connectivity index (χ4n) is 3.70. The van der Waals surface area contributed by atoms with E-state index in [2.05, 4.69) is 0 Å². The van der Waals surface area contributed by atoms with Gasteiger partial charge in [-0.05, 0) is 24.3 Å². The smallest absolute Gasteiger partial charge is 0.264 e. The first-order valence-electron chi connectivity index (χ1n) is 6.91. The Morgan fingerprint density at radius 3 is 2.45 bits per heavy atom. The van der Waals surface area contributed by atoms with Gasteiger partial charge in [-0.2, -0.15) is 8.42 Å². The van der Waals surface area contributed by atoms with E-state index in [9.17, 15) is 13.2 Å². The molecule has 4 nitrogen and oxygen atoms in total. The highest BCUT2D eigenvalue weighted by Gasteiger charge is 2.50. The Morgan fingerprint density at radius 1 is 1.15 bits per heavy atom. The van der Waals surface area contributed by atoms with Gasteiger partial charge in [0.15, 0.2) is 0 Å². The van der Waals surface area contributed by atoms with E-state index in [1.165, 1.54) is 0 Å². The van der Waals surface area contributed by atoms with Crippen molar-refractivity contribution in [2.24, 2.45) is 11.8 Å². The average Bonchev–Trinajstić information content (AvgIpc) is 2.38. The molecule has 2 bridgehead atoms. The summed E-state index contributed by atoms with van der Waals surface area (Å²) in [6, 6.07) is 9.80. The largest absolute Gasteiger partial charge is 0.299 e. The zero-order valence-electron chi connectivity index (χ0n) is 11.4. The highest BCUT2D eigenvalue weighted by Crippen LogP contribution is 2.49. The van der Waals surface area contributed by atoms with Crippen LogP contribution in [0.1, 0.15) is 30.7 Å². The Balaban J connectivity index is 1.99. The lowest BCUT2D eigenvalue weighted by Gasteiger charge is -2.46. The Kier molecular flexibility index (Phi) is 3.42. The van der Waals surface area contributed by atoms with Crippen LogP contribution >= 0.6 is 0 Å². The van der Waals surface area contributed by atoms with E-state index in [1.54, 1.807) is 0 Å². The molecule has 20 heavy (non-hydrogen) atoms. The first-order valence-corrected chi connectivity index (χ1v) is 8.73. The van der Waals surface area contributed by atoms with Gasteiger partial charge in [-0.3, -0.25) is 8.98 Å². The lowest BCUT2D eigenvalue weighted by atomic mass is 9.60. The van der Waals surface area contributed by atoms with E-state index in [0.29, 0.717) is 6.42 Å². The highest BCUT2D eigenvalue weighted by molar-refractivity contribution is 7.86. The summed E-state index contributed by atoms with van der Waals surface area (Å²) >= 11 is 0. The zero-order chi connectivity index (χ0) is 14.3. The van der Waals surface area contributed by atoms with Crippen molar-refractivity contribution in [1.29, 1.82) is 0 Å². The number of Topliss-reactive ketones (excluding diaryl/α,β-unsaturated/α-hetero) is 1. The molecule has 0 radical (unpaired) electrons. The van der Waals surface area contributed by atoms with Gasteiger partial charge < -0.3 is 0 Å². The van der Waals surface area contributed by atoms with Gasteiger partial charge in [0.05, 0.1) is 12.4 Å².